The van der Waals surface area contributed by atoms with Crippen LogP contribution in [0.25, 0.3) is 17.3 Å². The number of halogens is 2. The SMILES string of the molecule is O=C(NCc1ccccn1)c1csc(CSc2nnc(-c3ccco3)n2-c2ccc(Cl)cc2Cl)n1. The second kappa shape index (κ2) is 10.6. The number of nitrogens with one attached hydrogen (secondary N) is 1. The first kappa shape index (κ1) is 23.6. The molecule has 35 heavy (non-hydrogen) atoms. The molecule has 0 saturated heterocycles. The summed E-state index contributed by atoms with van der Waals surface area (Å²) in [6.07, 6.45) is 3.26. The number of pyridine rings is 1. The van der Waals surface area contributed by atoms with E-state index in [1.807, 2.05) is 22.8 Å². The van der Waals surface area contributed by atoms with Gasteiger partial charge in [0.2, 0.25) is 5.82 Å². The van der Waals surface area contributed by atoms with Gasteiger partial charge in [-0.05, 0) is 42.5 Å². The van der Waals surface area contributed by atoms with E-state index in [1.54, 1.807) is 48.2 Å². The predicted molar refractivity (Wildman–Crippen MR) is 136 cm³/mol. The van der Waals surface area contributed by atoms with Crippen LogP contribution >= 0.6 is 46.3 Å². The van der Waals surface area contributed by atoms with Gasteiger partial charge in [-0.2, -0.15) is 0 Å². The van der Waals surface area contributed by atoms with Gasteiger partial charge in [-0.15, -0.1) is 21.5 Å². The third-order valence-corrected chi connectivity index (χ3v) is 7.30. The molecular weight excluding hydrogens is 527 g/mol. The van der Waals surface area contributed by atoms with Crippen LogP contribution in [-0.4, -0.2) is 30.6 Å². The van der Waals surface area contributed by atoms with Gasteiger partial charge in [-0.3, -0.25) is 14.3 Å². The van der Waals surface area contributed by atoms with E-state index in [9.17, 15) is 4.79 Å². The molecule has 0 saturated carbocycles. The first-order valence-electron chi connectivity index (χ1n) is 10.3. The van der Waals surface area contributed by atoms with E-state index in [0.29, 0.717) is 50.5 Å². The summed E-state index contributed by atoms with van der Waals surface area (Å²) >= 11 is 15.4. The lowest BCUT2D eigenvalue weighted by Crippen LogP contribution is -2.23. The molecule has 0 aliphatic carbocycles. The zero-order chi connectivity index (χ0) is 24.2. The van der Waals surface area contributed by atoms with Crippen LogP contribution in [-0.2, 0) is 12.3 Å². The average molecular weight is 543 g/mol. The Bertz CT molecular complexity index is 1450. The summed E-state index contributed by atoms with van der Waals surface area (Å²) in [7, 11) is 0. The van der Waals surface area contributed by atoms with Crippen molar-refractivity contribution in [3.8, 4) is 17.3 Å². The van der Waals surface area contributed by atoms with Gasteiger partial charge in [0.1, 0.15) is 10.7 Å². The standard InChI is InChI=1S/C23H16Cl2N6O2S2/c24-14-6-7-18(16(25)10-14)31-21(19-5-3-9-33-19)29-30-23(31)35-13-20-28-17(12-34-20)22(32)27-11-15-4-1-2-8-26-15/h1-10,12H,11,13H2,(H,27,32). The lowest BCUT2D eigenvalue weighted by Gasteiger charge is -2.11. The Hall–Kier alpha value is -3.18. The predicted octanol–water partition coefficient (Wildman–Crippen LogP) is 5.91. The van der Waals surface area contributed by atoms with Crippen molar-refractivity contribution in [3.63, 3.8) is 0 Å². The van der Waals surface area contributed by atoms with Crippen molar-refractivity contribution in [2.45, 2.75) is 17.5 Å². The summed E-state index contributed by atoms with van der Waals surface area (Å²) < 4.78 is 7.36. The molecule has 0 fully saturated rings. The second-order valence-corrected chi connectivity index (χ2v) is 9.86. The van der Waals surface area contributed by atoms with Crippen LogP contribution in [0.4, 0.5) is 0 Å². The molecule has 0 bridgehead atoms. The third-order valence-electron chi connectivity index (χ3n) is 4.79. The largest absolute Gasteiger partial charge is 0.461 e. The molecule has 0 aliphatic rings. The molecule has 1 amide bonds. The van der Waals surface area contributed by atoms with E-state index < -0.39 is 0 Å². The van der Waals surface area contributed by atoms with Crippen LogP contribution in [0.2, 0.25) is 10.0 Å². The molecule has 5 aromatic rings. The van der Waals surface area contributed by atoms with E-state index >= 15 is 0 Å². The number of thiazole rings is 1. The maximum absolute atomic E-state index is 12.5. The zero-order valence-electron chi connectivity index (χ0n) is 17.9. The summed E-state index contributed by atoms with van der Waals surface area (Å²) in [4.78, 5) is 21.2. The fourth-order valence-corrected chi connectivity index (χ4v) is 5.41. The molecule has 176 valence electrons. The van der Waals surface area contributed by atoms with Crippen LogP contribution in [0.15, 0.2) is 75.9 Å². The highest BCUT2D eigenvalue weighted by Crippen LogP contribution is 2.34. The molecule has 1 aromatic carbocycles. The van der Waals surface area contributed by atoms with Gasteiger partial charge >= 0.3 is 0 Å². The Morgan fingerprint density at radius 2 is 2.06 bits per heavy atom. The van der Waals surface area contributed by atoms with Gasteiger partial charge in [0.25, 0.3) is 5.91 Å². The van der Waals surface area contributed by atoms with Gasteiger partial charge in [0.05, 0.1) is 35.0 Å². The molecule has 4 aromatic heterocycles. The number of aromatic nitrogens is 5. The number of carbonyl (C=O) groups is 1. The molecule has 1 N–H and O–H groups in total. The Morgan fingerprint density at radius 1 is 1.14 bits per heavy atom. The minimum atomic E-state index is -0.251. The Morgan fingerprint density at radius 3 is 2.83 bits per heavy atom. The zero-order valence-corrected chi connectivity index (χ0v) is 21.0. The highest BCUT2D eigenvalue weighted by molar-refractivity contribution is 7.98. The number of hydrogen-bond donors (Lipinski definition) is 1. The first-order valence-corrected chi connectivity index (χ1v) is 12.9. The van der Waals surface area contributed by atoms with Gasteiger partial charge < -0.3 is 9.73 Å². The average Bonchev–Trinajstić information content (AvgIpc) is 3.63. The van der Waals surface area contributed by atoms with Crippen molar-refractivity contribution in [2.24, 2.45) is 0 Å². The number of nitrogens with zero attached hydrogens (tertiary/aromatic N) is 5. The van der Waals surface area contributed by atoms with E-state index in [0.717, 1.165) is 10.7 Å². The molecule has 0 spiro atoms. The minimum Gasteiger partial charge on any atom is -0.461 e. The summed E-state index contributed by atoms with van der Waals surface area (Å²) in [5.41, 5.74) is 1.81. The van der Waals surface area contributed by atoms with Gasteiger partial charge in [0.15, 0.2) is 10.9 Å². The van der Waals surface area contributed by atoms with E-state index in [2.05, 4.69) is 25.5 Å². The molecule has 5 rings (SSSR count). The highest BCUT2D eigenvalue weighted by Gasteiger charge is 2.21. The number of benzene rings is 1. The molecular formula is C23H16Cl2N6O2S2. The van der Waals surface area contributed by atoms with Crippen molar-refractivity contribution in [1.29, 1.82) is 0 Å². The monoisotopic (exact) mass is 542 g/mol. The fourth-order valence-electron chi connectivity index (χ4n) is 3.18. The first-order chi connectivity index (χ1) is 17.1. The molecule has 0 atom stereocenters. The number of rotatable bonds is 8. The second-order valence-electron chi connectivity index (χ2n) is 7.13. The van der Waals surface area contributed by atoms with Crippen LogP contribution < -0.4 is 5.32 Å². The Balaban J connectivity index is 1.33. The fraction of sp³-hybridized carbons (Fsp3) is 0.0870. The van der Waals surface area contributed by atoms with Gasteiger partial charge in [0, 0.05) is 16.6 Å². The summed E-state index contributed by atoms with van der Waals surface area (Å²) in [6, 6.07) is 14.3. The number of amides is 1. The van der Waals surface area contributed by atoms with Crippen molar-refractivity contribution < 1.29 is 9.21 Å². The number of furan rings is 1. The number of thioether (sulfide) groups is 1. The van der Waals surface area contributed by atoms with E-state index in [4.69, 9.17) is 27.6 Å². The summed E-state index contributed by atoms with van der Waals surface area (Å²) in [6.45, 7) is 0.335. The molecule has 8 nitrogen and oxygen atoms in total. The highest BCUT2D eigenvalue weighted by atomic mass is 35.5. The van der Waals surface area contributed by atoms with E-state index in [-0.39, 0.29) is 5.91 Å². The minimum absolute atomic E-state index is 0.251. The Kier molecular flexibility index (Phi) is 7.14. The number of carbonyl (C=O) groups excluding carboxylic acids is 1. The van der Waals surface area contributed by atoms with Crippen molar-refractivity contribution in [3.05, 3.63) is 92.8 Å². The third kappa shape index (κ3) is 5.40. The molecule has 0 radical (unpaired) electrons. The normalized spacial score (nSPS) is 11.0. The van der Waals surface area contributed by atoms with Crippen LogP contribution in [0, 0.1) is 0 Å². The van der Waals surface area contributed by atoms with Crippen molar-refractivity contribution in [2.75, 3.05) is 0 Å². The van der Waals surface area contributed by atoms with Gasteiger partial charge in [-0.1, -0.05) is 41.0 Å². The van der Waals surface area contributed by atoms with Crippen molar-refractivity contribution >= 4 is 52.2 Å². The topological polar surface area (TPSA) is 98.7 Å². The number of hydrogen-bond acceptors (Lipinski definition) is 8. The van der Waals surface area contributed by atoms with E-state index in [1.165, 1.54) is 23.1 Å². The van der Waals surface area contributed by atoms with Crippen LogP contribution in [0.5, 0.6) is 0 Å². The quantitative estimate of drug-likeness (QED) is 0.243. The smallest absolute Gasteiger partial charge is 0.271 e. The van der Waals surface area contributed by atoms with Crippen molar-refractivity contribution in [1.82, 2.24) is 30.0 Å². The lowest BCUT2D eigenvalue weighted by atomic mass is 10.3. The van der Waals surface area contributed by atoms with Crippen LogP contribution in [0.3, 0.4) is 0 Å². The van der Waals surface area contributed by atoms with Crippen LogP contribution in [0.1, 0.15) is 21.2 Å². The molecule has 12 heteroatoms. The summed E-state index contributed by atoms with van der Waals surface area (Å²) in [5.74, 6) is 1.30. The maximum atomic E-state index is 12.5. The Labute approximate surface area is 218 Å². The maximum Gasteiger partial charge on any atom is 0.271 e. The molecule has 4 heterocycles. The summed E-state index contributed by atoms with van der Waals surface area (Å²) in [5, 5.41) is 15.6. The van der Waals surface area contributed by atoms with Gasteiger partial charge in [-0.25, -0.2) is 4.98 Å². The molecule has 0 unspecified atom stereocenters. The lowest BCUT2D eigenvalue weighted by molar-refractivity contribution is 0.0946. The molecule has 0 aliphatic heterocycles.